The number of alkyl halides is 1. The SMILES string of the molecule is COc1c([N+](=O)[O-])ccc(C(=O)CCl)c1C#N. The zero-order chi connectivity index (χ0) is 13.0. The van der Waals surface area contributed by atoms with Gasteiger partial charge in [0, 0.05) is 11.6 Å². The molecule has 0 heterocycles. The molecule has 0 unspecified atom stereocenters. The van der Waals surface area contributed by atoms with Gasteiger partial charge in [0.1, 0.15) is 11.6 Å². The number of carbonyl (C=O) groups excluding carboxylic acids is 1. The van der Waals surface area contributed by atoms with Crippen molar-refractivity contribution < 1.29 is 14.5 Å². The average Bonchev–Trinajstić information content (AvgIpc) is 2.35. The number of rotatable bonds is 4. The van der Waals surface area contributed by atoms with E-state index in [4.69, 9.17) is 21.6 Å². The predicted octanol–water partition coefficient (Wildman–Crippen LogP) is 1.90. The molecular weight excluding hydrogens is 248 g/mol. The van der Waals surface area contributed by atoms with Crippen LogP contribution in [0.2, 0.25) is 0 Å². The molecule has 0 aliphatic carbocycles. The van der Waals surface area contributed by atoms with E-state index in [0.717, 1.165) is 6.07 Å². The molecule has 6 nitrogen and oxygen atoms in total. The number of ketones is 1. The van der Waals surface area contributed by atoms with E-state index >= 15 is 0 Å². The molecule has 0 spiro atoms. The topological polar surface area (TPSA) is 93.2 Å². The van der Waals surface area contributed by atoms with Gasteiger partial charge in [-0.1, -0.05) is 0 Å². The van der Waals surface area contributed by atoms with Gasteiger partial charge < -0.3 is 4.74 Å². The summed E-state index contributed by atoms with van der Waals surface area (Å²) in [5.41, 5.74) is -0.521. The fourth-order valence-corrected chi connectivity index (χ4v) is 1.48. The number of Topliss-reactive ketones (excluding diaryl/α,β-unsaturated/α-hetero) is 1. The molecule has 0 fully saturated rings. The Morgan fingerprint density at radius 3 is 2.71 bits per heavy atom. The minimum atomic E-state index is -0.686. The van der Waals surface area contributed by atoms with E-state index in [1.807, 2.05) is 0 Å². The number of benzene rings is 1. The number of nitriles is 1. The first-order valence-electron chi connectivity index (χ1n) is 4.41. The van der Waals surface area contributed by atoms with Crippen LogP contribution in [0.25, 0.3) is 0 Å². The first-order chi connectivity index (χ1) is 8.06. The average molecular weight is 255 g/mol. The largest absolute Gasteiger partial charge is 0.489 e. The van der Waals surface area contributed by atoms with E-state index in [1.54, 1.807) is 6.07 Å². The van der Waals surface area contributed by atoms with Crippen LogP contribution in [0.1, 0.15) is 15.9 Å². The van der Waals surface area contributed by atoms with E-state index in [-0.39, 0.29) is 28.4 Å². The third-order valence-electron chi connectivity index (χ3n) is 2.07. The first-order valence-corrected chi connectivity index (χ1v) is 4.94. The highest BCUT2D eigenvalue weighted by Gasteiger charge is 2.24. The minimum absolute atomic E-state index is 0.0185. The molecule has 0 radical (unpaired) electrons. The molecule has 0 amide bonds. The zero-order valence-electron chi connectivity index (χ0n) is 8.77. The van der Waals surface area contributed by atoms with Crippen LogP contribution in [0, 0.1) is 21.4 Å². The number of nitro groups is 1. The molecule has 1 aromatic rings. The van der Waals surface area contributed by atoms with Crippen molar-refractivity contribution in [3.8, 4) is 11.8 Å². The quantitative estimate of drug-likeness (QED) is 0.354. The Morgan fingerprint density at radius 1 is 1.65 bits per heavy atom. The molecule has 88 valence electrons. The Bertz CT molecular complexity index is 522. The van der Waals surface area contributed by atoms with Crippen LogP contribution < -0.4 is 4.74 Å². The summed E-state index contributed by atoms with van der Waals surface area (Å²) >= 11 is 5.38. The summed E-state index contributed by atoms with van der Waals surface area (Å²) in [6, 6.07) is 4.03. The molecule has 0 N–H and O–H groups in total. The Kier molecular flexibility index (Phi) is 4.01. The van der Waals surface area contributed by atoms with Crippen LogP contribution in [0.4, 0.5) is 5.69 Å². The lowest BCUT2D eigenvalue weighted by Gasteiger charge is -2.07. The maximum absolute atomic E-state index is 11.4. The summed E-state index contributed by atoms with van der Waals surface area (Å²) in [4.78, 5) is 21.5. The molecule has 0 aliphatic rings. The van der Waals surface area contributed by atoms with Crippen molar-refractivity contribution >= 4 is 23.1 Å². The number of halogens is 1. The molecule has 0 atom stereocenters. The number of carbonyl (C=O) groups is 1. The Hall–Kier alpha value is -2.13. The van der Waals surface area contributed by atoms with Gasteiger partial charge in [-0.2, -0.15) is 5.26 Å². The molecule has 1 aromatic carbocycles. The fraction of sp³-hybridized carbons (Fsp3) is 0.200. The van der Waals surface area contributed by atoms with Crippen LogP contribution in [0.5, 0.6) is 5.75 Å². The lowest BCUT2D eigenvalue weighted by Crippen LogP contribution is -2.06. The Balaban J connectivity index is 3.55. The smallest absolute Gasteiger partial charge is 0.312 e. The molecule has 7 heteroatoms. The van der Waals surface area contributed by atoms with Gasteiger partial charge >= 0.3 is 5.69 Å². The van der Waals surface area contributed by atoms with Gasteiger partial charge in [0.05, 0.1) is 17.9 Å². The number of hydrogen-bond acceptors (Lipinski definition) is 5. The van der Waals surface area contributed by atoms with Gasteiger partial charge in [-0.3, -0.25) is 14.9 Å². The standard InChI is InChI=1S/C10H7ClN2O4/c1-17-10-7(5-12)6(9(14)4-11)2-3-8(10)13(15)16/h2-3H,4H2,1H3. The third-order valence-corrected chi connectivity index (χ3v) is 2.31. The summed E-state index contributed by atoms with van der Waals surface area (Å²) in [5.74, 6) is -1.03. The van der Waals surface area contributed by atoms with Gasteiger partial charge in [-0.25, -0.2) is 0 Å². The number of ether oxygens (including phenoxy) is 1. The van der Waals surface area contributed by atoms with E-state index in [2.05, 4.69) is 0 Å². The zero-order valence-corrected chi connectivity index (χ0v) is 9.52. The molecular formula is C10H7ClN2O4. The molecule has 1 rings (SSSR count). The maximum atomic E-state index is 11.4. The van der Waals surface area contributed by atoms with Crippen molar-refractivity contribution in [3.05, 3.63) is 33.4 Å². The van der Waals surface area contributed by atoms with Gasteiger partial charge in [0.15, 0.2) is 5.78 Å². The Morgan fingerprint density at radius 2 is 2.29 bits per heavy atom. The van der Waals surface area contributed by atoms with E-state index < -0.39 is 10.7 Å². The second kappa shape index (κ2) is 5.27. The van der Waals surface area contributed by atoms with Gasteiger partial charge in [-0.15, -0.1) is 11.6 Å². The molecule has 0 bridgehead atoms. The molecule has 0 aromatic heterocycles. The van der Waals surface area contributed by atoms with Gasteiger partial charge in [0.25, 0.3) is 0 Å². The van der Waals surface area contributed by atoms with E-state index in [9.17, 15) is 14.9 Å². The highest BCUT2D eigenvalue weighted by Crippen LogP contribution is 2.32. The first kappa shape index (κ1) is 12.9. The maximum Gasteiger partial charge on any atom is 0.312 e. The van der Waals surface area contributed by atoms with Crippen molar-refractivity contribution in [2.45, 2.75) is 0 Å². The third kappa shape index (κ3) is 2.34. The molecule has 17 heavy (non-hydrogen) atoms. The lowest BCUT2D eigenvalue weighted by molar-refractivity contribution is -0.385. The summed E-state index contributed by atoms with van der Waals surface area (Å²) in [6.45, 7) is 0. The molecule has 0 saturated heterocycles. The summed E-state index contributed by atoms with van der Waals surface area (Å²) in [5, 5.41) is 19.6. The number of nitrogens with zero attached hydrogens (tertiary/aromatic N) is 2. The fourth-order valence-electron chi connectivity index (χ4n) is 1.34. The summed E-state index contributed by atoms with van der Waals surface area (Å²) in [6.07, 6.45) is 0. The van der Waals surface area contributed by atoms with Crippen molar-refractivity contribution in [2.24, 2.45) is 0 Å². The number of nitro benzene ring substituents is 1. The predicted molar refractivity (Wildman–Crippen MR) is 59.4 cm³/mol. The van der Waals surface area contributed by atoms with Crippen molar-refractivity contribution in [2.75, 3.05) is 13.0 Å². The molecule has 0 aliphatic heterocycles. The monoisotopic (exact) mass is 254 g/mol. The van der Waals surface area contributed by atoms with E-state index in [0.29, 0.717) is 0 Å². The van der Waals surface area contributed by atoms with Crippen LogP contribution in [-0.4, -0.2) is 23.7 Å². The lowest BCUT2D eigenvalue weighted by atomic mass is 10.0. The molecule has 0 saturated carbocycles. The van der Waals surface area contributed by atoms with Crippen molar-refractivity contribution in [3.63, 3.8) is 0 Å². The number of methoxy groups -OCH3 is 1. The number of hydrogen-bond donors (Lipinski definition) is 0. The van der Waals surface area contributed by atoms with Crippen molar-refractivity contribution in [1.29, 1.82) is 5.26 Å². The Labute approximate surface area is 102 Å². The summed E-state index contributed by atoms with van der Waals surface area (Å²) in [7, 11) is 1.19. The van der Waals surface area contributed by atoms with Crippen LogP contribution in [-0.2, 0) is 0 Å². The van der Waals surface area contributed by atoms with E-state index in [1.165, 1.54) is 13.2 Å². The van der Waals surface area contributed by atoms with Gasteiger partial charge in [0.2, 0.25) is 5.75 Å². The minimum Gasteiger partial charge on any atom is -0.489 e. The highest BCUT2D eigenvalue weighted by atomic mass is 35.5. The second-order valence-corrected chi connectivity index (χ2v) is 3.23. The van der Waals surface area contributed by atoms with Crippen LogP contribution in [0.15, 0.2) is 12.1 Å². The second-order valence-electron chi connectivity index (χ2n) is 2.97. The van der Waals surface area contributed by atoms with Crippen LogP contribution in [0.3, 0.4) is 0 Å². The summed E-state index contributed by atoms with van der Waals surface area (Å²) < 4.78 is 4.80. The van der Waals surface area contributed by atoms with Crippen molar-refractivity contribution in [1.82, 2.24) is 0 Å². The highest BCUT2D eigenvalue weighted by molar-refractivity contribution is 6.30. The normalized spacial score (nSPS) is 9.47. The van der Waals surface area contributed by atoms with Gasteiger partial charge in [-0.05, 0) is 6.07 Å². The van der Waals surface area contributed by atoms with Crippen LogP contribution >= 0.6 is 11.6 Å².